The summed E-state index contributed by atoms with van der Waals surface area (Å²) in [6, 6.07) is 7.08. The Morgan fingerprint density at radius 1 is 1.37 bits per heavy atom. The highest BCUT2D eigenvalue weighted by Gasteiger charge is 2.21. The highest BCUT2D eigenvalue weighted by Crippen LogP contribution is 2.10. The van der Waals surface area contributed by atoms with Crippen LogP contribution >= 0.6 is 0 Å². The lowest BCUT2D eigenvalue weighted by Gasteiger charge is -2.16. The third kappa shape index (κ3) is 4.99. The van der Waals surface area contributed by atoms with E-state index in [-0.39, 0.29) is 24.8 Å². The fourth-order valence-electron chi connectivity index (χ4n) is 1.78. The van der Waals surface area contributed by atoms with E-state index in [9.17, 15) is 9.59 Å². The van der Waals surface area contributed by atoms with E-state index >= 15 is 0 Å². The van der Waals surface area contributed by atoms with E-state index in [0.29, 0.717) is 5.69 Å². The van der Waals surface area contributed by atoms with E-state index < -0.39 is 11.9 Å². The number of benzene rings is 1. The van der Waals surface area contributed by atoms with Gasteiger partial charge in [0.2, 0.25) is 5.91 Å². The molecule has 1 amide bonds. The highest BCUT2D eigenvalue weighted by molar-refractivity contribution is 5.79. The second-order valence-electron chi connectivity index (χ2n) is 4.91. The zero-order chi connectivity index (χ0) is 14.4. The van der Waals surface area contributed by atoms with Crippen molar-refractivity contribution in [2.24, 2.45) is 11.8 Å². The lowest BCUT2D eigenvalue weighted by molar-refractivity contribution is -0.143. The first-order chi connectivity index (χ1) is 8.90. The zero-order valence-electron chi connectivity index (χ0n) is 11.2. The summed E-state index contributed by atoms with van der Waals surface area (Å²) in [5.41, 5.74) is 7.05. The molecule has 0 saturated carbocycles. The third-order valence-electron chi connectivity index (χ3n) is 2.96. The average molecular weight is 264 g/mol. The molecule has 1 unspecified atom stereocenters. The van der Waals surface area contributed by atoms with Gasteiger partial charge >= 0.3 is 5.97 Å². The second kappa shape index (κ2) is 6.78. The summed E-state index contributed by atoms with van der Waals surface area (Å²) >= 11 is 0. The molecule has 1 atom stereocenters. The summed E-state index contributed by atoms with van der Waals surface area (Å²) in [6.07, 6.45) is 0.204. The van der Waals surface area contributed by atoms with Crippen molar-refractivity contribution < 1.29 is 14.7 Å². The molecule has 1 rings (SSSR count). The predicted molar refractivity (Wildman–Crippen MR) is 73.5 cm³/mol. The Kier molecular flexibility index (Phi) is 5.36. The standard InChI is InChI=1S/C14H20N2O3/c1-9(2)12(14(18)19)8-16-13(17)7-10-4-3-5-11(15)6-10/h3-6,9,12H,7-8,15H2,1-2H3,(H,16,17)(H,18,19). The molecule has 4 N–H and O–H groups in total. The van der Waals surface area contributed by atoms with Gasteiger partial charge in [-0.2, -0.15) is 0 Å². The molecule has 5 nitrogen and oxygen atoms in total. The maximum Gasteiger partial charge on any atom is 0.308 e. The van der Waals surface area contributed by atoms with Gasteiger partial charge in [-0.1, -0.05) is 26.0 Å². The minimum atomic E-state index is -0.890. The Morgan fingerprint density at radius 2 is 2.05 bits per heavy atom. The van der Waals surface area contributed by atoms with Crippen molar-refractivity contribution in [3.05, 3.63) is 29.8 Å². The Labute approximate surface area is 112 Å². The molecule has 1 aromatic carbocycles. The van der Waals surface area contributed by atoms with Crippen molar-refractivity contribution in [2.45, 2.75) is 20.3 Å². The Morgan fingerprint density at radius 3 is 2.58 bits per heavy atom. The van der Waals surface area contributed by atoms with Crippen LogP contribution in [0.3, 0.4) is 0 Å². The largest absolute Gasteiger partial charge is 0.481 e. The molecule has 1 aromatic rings. The number of anilines is 1. The molecule has 0 heterocycles. The SMILES string of the molecule is CC(C)C(CNC(=O)Cc1cccc(N)c1)C(=O)O. The van der Waals surface area contributed by atoms with Crippen LogP contribution in [0.5, 0.6) is 0 Å². The summed E-state index contributed by atoms with van der Waals surface area (Å²) in [4.78, 5) is 22.7. The Balaban J connectivity index is 2.50. The molecule has 0 aliphatic heterocycles. The number of carboxylic acids is 1. The Bertz CT molecular complexity index is 458. The maximum atomic E-state index is 11.7. The molecule has 0 saturated heterocycles. The lowest BCUT2D eigenvalue weighted by Crippen LogP contribution is -2.36. The summed E-state index contributed by atoms with van der Waals surface area (Å²) < 4.78 is 0. The third-order valence-corrected chi connectivity index (χ3v) is 2.96. The molecular weight excluding hydrogens is 244 g/mol. The van der Waals surface area contributed by atoms with Crippen LogP contribution in [0.15, 0.2) is 24.3 Å². The summed E-state index contributed by atoms with van der Waals surface area (Å²) in [5, 5.41) is 11.7. The van der Waals surface area contributed by atoms with Gasteiger partial charge in [-0.3, -0.25) is 9.59 Å². The van der Waals surface area contributed by atoms with E-state index in [1.807, 2.05) is 19.9 Å². The van der Waals surface area contributed by atoms with E-state index in [4.69, 9.17) is 10.8 Å². The summed E-state index contributed by atoms with van der Waals surface area (Å²) in [7, 11) is 0. The fourth-order valence-corrected chi connectivity index (χ4v) is 1.78. The van der Waals surface area contributed by atoms with Crippen LogP contribution in [0.2, 0.25) is 0 Å². The summed E-state index contributed by atoms with van der Waals surface area (Å²) in [5.74, 6) is -1.67. The van der Waals surface area contributed by atoms with Crippen LogP contribution in [0, 0.1) is 11.8 Å². The number of hydrogen-bond donors (Lipinski definition) is 3. The van der Waals surface area contributed by atoms with Gasteiger partial charge in [-0.05, 0) is 23.6 Å². The first-order valence-corrected chi connectivity index (χ1v) is 6.24. The zero-order valence-corrected chi connectivity index (χ0v) is 11.2. The van der Waals surface area contributed by atoms with Crippen molar-refractivity contribution in [1.82, 2.24) is 5.32 Å². The fraction of sp³-hybridized carbons (Fsp3) is 0.429. The van der Waals surface area contributed by atoms with Gasteiger partial charge in [-0.25, -0.2) is 0 Å². The van der Waals surface area contributed by atoms with Gasteiger partial charge in [-0.15, -0.1) is 0 Å². The number of hydrogen-bond acceptors (Lipinski definition) is 3. The number of amides is 1. The number of carboxylic acid groups (broad SMARTS) is 1. The van der Waals surface area contributed by atoms with Crippen molar-refractivity contribution in [2.75, 3.05) is 12.3 Å². The molecular formula is C14H20N2O3. The number of carbonyl (C=O) groups excluding carboxylic acids is 1. The number of nitrogens with one attached hydrogen (secondary N) is 1. The van der Waals surface area contributed by atoms with Crippen LogP contribution in [0.25, 0.3) is 0 Å². The summed E-state index contributed by atoms with van der Waals surface area (Å²) in [6.45, 7) is 3.79. The normalized spacial score (nSPS) is 12.2. The molecule has 0 bridgehead atoms. The highest BCUT2D eigenvalue weighted by atomic mass is 16.4. The van der Waals surface area contributed by atoms with Crippen LogP contribution in [0.1, 0.15) is 19.4 Å². The van der Waals surface area contributed by atoms with Crippen LogP contribution in [-0.4, -0.2) is 23.5 Å². The van der Waals surface area contributed by atoms with Crippen molar-refractivity contribution in [3.63, 3.8) is 0 Å². The van der Waals surface area contributed by atoms with Gasteiger partial charge in [0, 0.05) is 12.2 Å². The molecule has 0 fully saturated rings. The molecule has 19 heavy (non-hydrogen) atoms. The minimum absolute atomic E-state index is 0.0230. The monoisotopic (exact) mass is 264 g/mol. The number of rotatable bonds is 6. The number of aliphatic carboxylic acids is 1. The van der Waals surface area contributed by atoms with Gasteiger partial charge in [0.25, 0.3) is 0 Å². The van der Waals surface area contributed by atoms with E-state index in [1.165, 1.54) is 0 Å². The smallest absolute Gasteiger partial charge is 0.308 e. The molecule has 0 spiro atoms. The molecule has 0 aliphatic carbocycles. The first kappa shape index (κ1) is 15.0. The second-order valence-corrected chi connectivity index (χ2v) is 4.91. The van der Waals surface area contributed by atoms with Crippen molar-refractivity contribution in [3.8, 4) is 0 Å². The van der Waals surface area contributed by atoms with E-state index in [1.54, 1.807) is 18.2 Å². The van der Waals surface area contributed by atoms with Gasteiger partial charge in [0.1, 0.15) is 0 Å². The van der Waals surface area contributed by atoms with Gasteiger partial charge in [0.05, 0.1) is 12.3 Å². The quantitative estimate of drug-likeness (QED) is 0.675. The topological polar surface area (TPSA) is 92.4 Å². The van der Waals surface area contributed by atoms with Crippen molar-refractivity contribution in [1.29, 1.82) is 0 Å². The number of carbonyl (C=O) groups is 2. The van der Waals surface area contributed by atoms with E-state index in [0.717, 1.165) is 5.56 Å². The Hall–Kier alpha value is -2.04. The molecule has 0 aliphatic rings. The lowest BCUT2D eigenvalue weighted by atomic mass is 9.96. The van der Waals surface area contributed by atoms with Gasteiger partial charge in [0.15, 0.2) is 0 Å². The molecule has 0 radical (unpaired) electrons. The average Bonchev–Trinajstić information content (AvgIpc) is 2.27. The first-order valence-electron chi connectivity index (χ1n) is 6.24. The van der Waals surface area contributed by atoms with Gasteiger partial charge < -0.3 is 16.2 Å². The van der Waals surface area contributed by atoms with Crippen LogP contribution < -0.4 is 11.1 Å². The maximum absolute atomic E-state index is 11.7. The molecule has 5 heteroatoms. The van der Waals surface area contributed by atoms with Crippen LogP contribution in [-0.2, 0) is 16.0 Å². The van der Waals surface area contributed by atoms with Crippen LogP contribution in [0.4, 0.5) is 5.69 Å². The molecule has 104 valence electrons. The predicted octanol–water partition coefficient (Wildman–Crippen LogP) is 1.28. The van der Waals surface area contributed by atoms with Crippen molar-refractivity contribution >= 4 is 17.6 Å². The van der Waals surface area contributed by atoms with E-state index in [2.05, 4.69) is 5.32 Å². The minimum Gasteiger partial charge on any atom is -0.481 e. The molecule has 0 aromatic heterocycles. The number of nitrogens with two attached hydrogens (primary N) is 1. The number of nitrogen functional groups attached to an aromatic ring is 1.